The van der Waals surface area contributed by atoms with Gasteiger partial charge >= 0.3 is 5.97 Å². The molecule has 144 valence electrons. The minimum atomic E-state index is -3.51. The third-order valence-electron chi connectivity index (χ3n) is 4.88. The van der Waals surface area contributed by atoms with Crippen molar-refractivity contribution in [2.75, 3.05) is 19.7 Å². The molecule has 6 heteroatoms. The molecule has 0 bridgehead atoms. The standard InChI is InChI=1S/C21H25NO4S/c1-2-26-21(23)18-11-13-22(14-12-18)16-17-7-6-10-20(15-17)27(24,25)19-8-4-3-5-9-19/h3-10,15,18H,2,11-14,16H2,1H3. The van der Waals surface area contributed by atoms with Crippen molar-refractivity contribution in [3.8, 4) is 0 Å². The van der Waals surface area contributed by atoms with E-state index in [1.807, 2.05) is 13.0 Å². The number of benzene rings is 2. The first-order valence-corrected chi connectivity index (χ1v) is 10.8. The van der Waals surface area contributed by atoms with Crippen LogP contribution in [-0.4, -0.2) is 39.0 Å². The summed E-state index contributed by atoms with van der Waals surface area (Å²) in [5.74, 6) is -0.126. The van der Waals surface area contributed by atoms with Crippen LogP contribution in [0.15, 0.2) is 64.4 Å². The molecule has 1 aliphatic heterocycles. The quantitative estimate of drug-likeness (QED) is 0.712. The summed E-state index contributed by atoms with van der Waals surface area (Å²) in [6.07, 6.45) is 1.56. The number of carbonyl (C=O) groups excluding carboxylic acids is 1. The Morgan fingerprint density at radius 2 is 1.70 bits per heavy atom. The van der Waals surface area contributed by atoms with Crippen molar-refractivity contribution in [1.29, 1.82) is 0 Å². The monoisotopic (exact) mass is 387 g/mol. The Balaban J connectivity index is 1.66. The van der Waals surface area contributed by atoms with E-state index in [-0.39, 0.29) is 11.9 Å². The van der Waals surface area contributed by atoms with Crippen molar-refractivity contribution in [2.45, 2.75) is 36.1 Å². The molecule has 0 N–H and O–H groups in total. The molecule has 2 aromatic rings. The predicted octanol–water partition coefficient (Wildman–Crippen LogP) is 3.29. The first-order chi connectivity index (χ1) is 13.0. The largest absolute Gasteiger partial charge is 0.466 e. The maximum Gasteiger partial charge on any atom is 0.309 e. The molecule has 1 heterocycles. The Morgan fingerprint density at radius 1 is 1.04 bits per heavy atom. The van der Waals surface area contributed by atoms with Gasteiger partial charge in [-0.2, -0.15) is 0 Å². The molecule has 0 amide bonds. The highest BCUT2D eigenvalue weighted by Crippen LogP contribution is 2.24. The minimum Gasteiger partial charge on any atom is -0.466 e. The van der Waals surface area contributed by atoms with E-state index in [1.54, 1.807) is 48.5 Å². The molecular weight excluding hydrogens is 362 g/mol. The molecule has 0 aliphatic carbocycles. The fourth-order valence-corrected chi connectivity index (χ4v) is 4.74. The summed E-state index contributed by atoms with van der Waals surface area (Å²) in [4.78, 5) is 14.7. The van der Waals surface area contributed by atoms with Crippen LogP contribution in [0.5, 0.6) is 0 Å². The van der Waals surface area contributed by atoms with Gasteiger partial charge in [0.25, 0.3) is 0 Å². The number of carbonyl (C=O) groups is 1. The van der Waals surface area contributed by atoms with Gasteiger partial charge in [-0.25, -0.2) is 8.42 Å². The Kier molecular flexibility index (Phi) is 6.29. The van der Waals surface area contributed by atoms with E-state index in [4.69, 9.17) is 4.74 Å². The summed E-state index contributed by atoms with van der Waals surface area (Å²) in [5.41, 5.74) is 0.960. The number of ether oxygens (including phenoxy) is 1. The van der Waals surface area contributed by atoms with Gasteiger partial charge in [0, 0.05) is 6.54 Å². The van der Waals surface area contributed by atoms with Crippen molar-refractivity contribution in [1.82, 2.24) is 4.90 Å². The summed E-state index contributed by atoms with van der Waals surface area (Å²) >= 11 is 0. The number of hydrogen-bond acceptors (Lipinski definition) is 5. The van der Waals surface area contributed by atoms with Crippen LogP contribution in [0.1, 0.15) is 25.3 Å². The van der Waals surface area contributed by atoms with Gasteiger partial charge in [0.05, 0.1) is 22.3 Å². The lowest BCUT2D eigenvalue weighted by molar-refractivity contribution is -0.149. The SMILES string of the molecule is CCOC(=O)C1CCN(Cc2cccc(S(=O)(=O)c3ccccc3)c2)CC1. The summed E-state index contributed by atoms with van der Waals surface area (Å²) in [5, 5.41) is 0. The van der Waals surface area contributed by atoms with Crippen molar-refractivity contribution < 1.29 is 17.9 Å². The van der Waals surface area contributed by atoms with E-state index >= 15 is 0 Å². The molecule has 0 radical (unpaired) electrons. The van der Waals surface area contributed by atoms with Crippen LogP contribution in [0.4, 0.5) is 0 Å². The van der Waals surface area contributed by atoms with Crippen LogP contribution >= 0.6 is 0 Å². The van der Waals surface area contributed by atoms with Gasteiger partial charge in [-0.15, -0.1) is 0 Å². The smallest absolute Gasteiger partial charge is 0.309 e. The average molecular weight is 388 g/mol. The van der Waals surface area contributed by atoms with Crippen molar-refractivity contribution in [2.24, 2.45) is 5.92 Å². The molecule has 27 heavy (non-hydrogen) atoms. The third-order valence-corrected chi connectivity index (χ3v) is 6.64. The first kappa shape index (κ1) is 19.6. The van der Waals surface area contributed by atoms with Gasteiger partial charge in [0.2, 0.25) is 9.84 Å². The second kappa shape index (κ2) is 8.67. The number of esters is 1. The van der Waals surface area contributed by atoms with E-state index in [1.165, 1.54) is 0 Å². The zero-order valence-corrected chi connectivity index (χ0v) is 16.3. The fraction of sp³-hybridized carbons (Fsp3) is 0.381. The first-order valence-electron chi connectivity index (χ1n) is 9.29. The molecule has 3 rings (SSSR count). The molecule has 0 saturated carbocycles. The lowest BCUT2D eigenvalue weighted by Crippen LogP contribution is -2.36. The van der Waals surface area contributed by atoms with Crippen molar-refractivity contribution >= 4 is 15.8 Å². The Bertz CT molecular complexity index is 872. The van der Waals surface area contributed by atoms with Crippen LogP contribution in [0, 0.1) is 5.92 Å². The molecule has 1 fully saturated rings. The van der Waals surface area contributed by atoms with Gasteiger partial charge in [0.15, 0.2) is 0 Å². The second-order valence-electron chi connectivity index (χ2n) is 6.77. The van der Waals surface area contributed by atoms with Gasteiger partial charge in [-0.3, -0.25) is 9.69 Å². The number of rotatable bonds is 6. The number of nitrogens with zero attached hydrogens (tertiary/aromatic N) is 1. The Hall–Kier alpha value is -2.18. The maximum absolute atomic E-state index is 12.8. The Labute approximate surface area is 160 Å². The van der Waals surface area contributed by atoms with E-state index in [0.717, 1.165) is 31.5 Å². The van der Waals surface area contributed by atoms with E-state index in [2.05, 4.69) is 4.90 Å². The van der Waals surface area contributed by atoms with Crippen LogP contribution in [0.3, 0.4) is 0 Å². The summed E-state index contributed by atoms with van der Waals surface area (Å²) in [6.45, 7) is 4.53. The van der Waals surface area contributed by atoms with Gasteiger partial charge in [0.1, 0.15) is 0 Å². The van der Waals surface area contributed by atoms with Crippen molar-refractivity contribution in [3.05, 3.63) is 60.2 Å². The predicted molar refractivity (Wildman–Crippen MR) is 103 cm³/mol. The molecule has 1 aliphatic rings. The van der Waals surface area contributed by atoms with Gasteiger partial charge in [-0.1, -0.05) is 30.3 Å². The molecule has 0 unspecified atom stereocenters. The fourth-order valence-electron chi connectivity index (χ4n) is 3.39. The molecule has 1 saturated heterocycles. The highest BCUT2D eigenvalue weighted by molar-refractivity contribution is 7.91. The molecule has 5 nitrogen and oxygen atoms in total. The highest BCUT2D eigenvalue weighted by atomic mass is 32.2. The zero-order valence-electron chi connectivity index (χ0n) is 15.5. The van der Waals surface area contributed by atoms with Gasteiger partial charge < -0.3 is 4.74 Å². The normalized spacial score (nSPS) is 16.2. The summed E-state index contributed by atoms with van der Waals surface area (Å²) in [7, 11) is -3.51. The lowest BCUT2D eigenvalue weighted by atomic mass is 9.96. The molecular formula is C21H25NO4S. The molecule has 2 aromatic carbocycles. The number of likely N-dealkylation sites (tertiary alicyclic amines) is 1. The second-order valence-corrected chi connectivity index (χ2v) is 8.72. The number of piperidine rings is 1. The van der Waals surface area contributed by atoms with Crippen LogP contribution in [0.2, 0.25) is 0 Å². The summed E-state index contributed by atoms with van der Waals surface area (Å²) < 4.78 is 30.7. The molecule has 0 spiro atoms. The molecule has 0 aromatic heterocycles. The van der Waals surface area contributed by atoms with E-state index < -0.39 is 9.84 Å². The topological polar surface area (TPSA) is 63.7 Å². The van der Waals surface area contributed by atoms with E-state index in [9.17, 15) is 13.2 Å². The minimum absolute atomic E-state index is 0.0222. The Morgan fingerprint density at radius 3 is 2.37 bits per heavy atom. The molecule has 0 atom stereocenters. The number of hydrogen-bond donors (Lipinski definition) is 0. The van der Waals surface area contributed by atoms with Crippen LogP contribution in [-0.2, 0) is 25.9 Å². The van der Waals surface area contributed by atoms with E-state index in [0.29, 0.717) is 22.9 Å². The number of sulfone groups is 1. The van der Waals surface area contributed by atoms with Crippen LogP contribution < -0.4 is 0 Å². The zero-order chi connectivity index (χ0) is 19.3. The maximum atomic E-state index is 12.8. The highest BCUT2D eigenvalue weighted by Gasteiger charge is 2.26. The third kappa shape index (κ3) is 4.76. The lowest BCUT2D eigenvalue weighted by Gasteiger charge is -2.30. The summed E-state index contributed by atoms with van der Waals surface area (Å²) in [6, 6.07) is 15.6. The van der Waals surface area contributed by atoms with Crippen molar-refractivity contribution in [3.63, 3.8) is 0 Å². The van der Waals surface area contributed by atoms with Gasteiger partial charge in [-0.05, 0) is 62.7 Å². The van der Waals surface area contributed by atoms with Crippen LogP contribution in [0.25, 0.3) is 0 Å². The average Bonchev–Trinajstić information content (AvgIpc) is 2.69.